The molecular formula is C31H35ClN2O2. The molecule has 0 radical (unpaired) electrons. The van der Waals surface area contributed by atoms with Crippen molar-refractivity contribution >= 4 is 23.4 Å². The molecule has 1 aliphatic rings. The van der Waals surface area contributed by atoms with E-state index in [4.69, 9.17) is 11.6 Å². The van der Waals surface area contributed by atoms with E-state index < -0.39 is 6.04 Å². The van der Waals surface area contributed by atoms with E-state index in [0.717, 1.165) is 47.9 Å². The van der Waals surface area contributed by atoms with E-state index in [1.54, 1.807) is 4.90 Å². The summed E-state index contributed by atoms with van der Waals surface area (Å²) in [5.74, 6) is -0.108. The Morgan fingerprint density at radius 1 is 0.944 bits per heavy atom. The van der Waals surface area contributed by atoms with Crippen LogP contribution in [-0.2, 0) is 29.0 Å². The first-order valence-corrected chi connectivity index (χ1v) is 13.3. The number of hydrogen-bond donors (Lipinski definition) is 1. The van der Waals surface area contributed by atoms with Gasteiger partial charge in [-0.3, -0.25) is 9.59 Å². The largest absolute Gasteiger partial charge is 0.352 e. The van der Waals surface area contributed by atoms with Crippen molar-refractivity contribution in [3.05, 3.63) is 106 Å². The van der Waals surface area contributed by atoms with Crippen molar-refractivity contribution in [3.8, 4) is 0 Å². The fourth-order valence-corrected chi connectivity index (χ4v) is 5.25. The van der Waals surface area contributed by atoms with E-state index in [9.17, 15) is 9.59 Å². The van der Waals surface area contributed by atoms with Crippen LogP contribution >= 0.6 is 11.6 Å². The van der Waals surface area contributed by atoms with Gasteiger partial charge in [0.05, 0.1) is 0 Å². The predicted molar refractivity (Wildman–Crippen MR) is 146 cm³/mol. The zero-order valence-corrected chi connectivity index (χ0v) is 21.7. The van der Waals surface area contributed by atoms with Gasteiger partial charge >= 0.3 is 0 Å². The second-order valence-corrected chi connectivity index (χ2v) is 10.2. The predicted octanol–water partition coefficient (Wildman–Crippen LogP) is 6.28. The molecule has 1 aliphatic carbocycles. The van der Waals surface area contributed by atoms with Gasteiger partial charge in [-0.25, -0.2) is 0 Å². The Bertz CT molecular complexity index is 1160. The van der Waals surface area contributed by atoms with Gasteiger partial charge in [0, 0.05) is 30.5 Å². The molecule has 4 rings (SSSR count). The van der Waals surface area contributed by atoms with Crippen LogP contribution in [0, 0.1) is 6.92 Å². The van der Waals surface area contributed by atoms with E-state index in [1.807, 2.05) is 79.7 Å². The maximum atomic E-state index is 13.8. The van der Waals surface area contributed by atoms with Gasteiger partial charge in [-0.2, -0.15) is 0 Å². The third kappa shape index (κ3) is 7.20. The third-order valence-corrected chi connectivity index (χ3v) is 7.34. The zero-order chi connectivity index (χ0) is 25.3. The lowest BCUT2D eigenvalue weighted by molar-refractivity contribution is -0.141. The maximum Gasteiger partial charge on any atom is 0.243 e. The minimum atomic E-state index is -0.591. The Kier molecular flexibility index (Phi) is 9.18. The number of nitrogens with zero attached hydrogens (tertiary/aromatic N) is 1. The molecule has 36 heavy (non-hydrogen) atoms. The van der Waals surface area contributed by atoms with Gasteiger partial charge in [-0.1, -0.05) is 103 Å². The number of rotatable bonds is 10. The van der Waals surface area contributed by atoms with Crippen molar-refractivity contribution in [1.29, 1.82) is 0 Å². The molecule has 4 nitrogen and oxygen atoms in total. The van der Waals surface area contributed by atoms with Crippen LogP contribution < -0.4 is 5.32 Å². The Labute approximate surface area is 219 Å². The van der Waals surface area contributed by atoms with Crippen molar-refractivity contribution in [2.75, 3.05) is 0 Å². The first-order chi connectivity index (χ1) is 17.5. The lowest BCUT2D eigenvalue weighted by atomic mass is 10.0. The van der Waals surface area contributed by atoms with Crippen LogP contribution in [0.25, 0.3) is 0 Å². The fraction of sp³-hybridized carbons (Fsp3) is 0.355. The van der Waals surface area contributed by atoms with E-state index in [-0.39, 0.29) is 24.3 Å². The molecule has 188 valence electrons. The van der Waals surface area contributed by atoms with E-state index in [0.29, 0.717) is 24.4 Å². The summed E-state index contributed by atoms with van der Waals surface area (Å²) < 4.78 is 0. The van der Waals surface area contributed by atoms with Crippen molar-refractivity contribution in [3.63, 3.8) is 0 Å². The van der Waals surface area contributed by atoms with Crippen LogP contribution in [0.3, 0.4) is 0 Å². The zero-order valence-electron chi connectivity index (χ0n) is 21.0. The summed E-state index contributed by atoms with van der Waals surface area (Å²) in [5.41, 5.74) is 4.13. The Balaban J connectivity index is 1.62. The summed E-state index contributed by atoms with van der Waals surface area (Å²) in [6.07, 6.45) is 5.58. The monoisotopic (exact) mass is 502 g/mol. The Hall–Kier alpha value is -3.11. The molecule has 3 aromatic rings. The molecule has 0 saturated heterocycles. The van der Waals surface area contributed by atoms with Crippen molar-refractivity contribution in [2.45, 2.75) is 70.5 Å². The summed E-state index contributed by atoms with van der Waals surface area (Å²) in [7, 11) is 0. The fourth-order valence-electron chi connectivity index (χ4n) is 5.02. The van der Waals surface area contributed by atoms with E-state index >= 15 is 0 Å². The number of amides is 2. The number of benzene rings is 3. The smallest absolute Gasteiger partial charge is 0.243 e. The van der Waals surface area contributed by atoms with Gasteiger partial charge in [0.25, 0.3) is 0 Å². The number of halogens is 1. The van der Waals surface area contributed by atoms with Crippen LogP contribution in [0.4, 0.5) is 0 Å². The van der Waals surface area contributed by atoms with Crippen molar-refractivity contribution in [2.24, 2.45) is 0 Å². The van der Waals surface area contributed by atoms with E-state index in [1.165, 1.54) is 0 Å². The van der Waals surface area contributed by atoms with Crippen molar-refractivity contribution in [1.82, 2.24) is 10.2 Å². The van der Waals surface area contributed by atoms with Crippen LogP contribution in [0.15, 0.2) is 78.9 Å². The number of carbonyl (C=O) groups excluding carboxylic acids is 2. The summed E-state index contributed by atoms with van der Waals surface area (Å²) in [4.78, 5) is 29.3. The number of aryl methyl sites for hydroxylation is 2. The van der Waals surface area contributed by atoms with E-state index in [2.05, 4.69) is 11.4 Å². The molecule has 0 aromatic heterocycles. The van der Waals surface area contributed by atoms with Crippen LogP contribution in [-0.4, -0.2) is 28.8 Å². The number of carbonyl (C=O) groups is 2. The van der Waals surface area contributed by atoms with Gasteiger partial charge < -0.3 is 10.2 Å². The molecule has 2 amide bonds. The highest BCUT2D eigenvalue weighted by atomic mass is 35.5. The summed E-state index contributed by atoms with van der Waals surface area (Å²) in [5, 5.41) is 3.92. The molecule has 0 unspecified atom stereocenters. The Morgan fingerprint density at radius 3 is 2.36 bits per heavy atom. The van der Waals surface area contributed by atoms with Gasteiger partial charge in [0.1, 0.15) is 6.04 Å². The standard InChI is InChI=1S/C31H35ClN2O2/c1-23-10-9-13-25(20-23)22-34(30(35)19-18-26-14-5-8-17-28(26)32)29(21-24-11-3-2-4-12-24)31(36)33-27-15-6-7-16-27/h2-5,8-14,17,20,27,29H,6-7,15-16,18-19,21-22H2,1H3,(H,33,36)/t29-/m1/s1. The number of nitrogens with one attached hydrogen (secondary N) is 1. The highest BCUT2D eigenvalue weighted by Crippen LogP contribution is 2.22. The van der Waals surface area contributed by atoms with Gasteiger partial charge in [-0.05, 0) is 48.9 Å². The summed E-state index contributed by atoms with van der Waals surface area (Å²) in [6, 6.07) is 25.3. The summed E-state index contributed by atoms with van der Waals surface area (Å²) >= 11 is 6.36. The maximum absolute atomic E-state index is 13.8. The molecule has 0 aliphatic heterocycles. The molecule has 1 N–H and O–H groups in total. The average Bonchev–Trinajstić information content (AvgIpc) is 3.39. The van der Waals surface area contributed by atoms with Crippen molar-refractivity contribution < 1.29 is 9.59 Å². The number of hydrogen-bond acceptors (Lipinski definition) is 2. The molecule has 1 fully saturated rings. The molecule has 0 heterocycles. The van der Waals surface area contributed by atoms with Crippen LogP contribution in [0.2, 0.25) is 5.02 Å². The molecule has 3 aromatic carbocycles. The Morgan fingerprint density at radius 2 is 1.64 bits per heavy atom. The lowest BCUT2D eigenvalue weighted by Crippen LogP contribution is -2.52. The summed E-state index contributed by atoms with van der Waals surface area (Å²) in [6.45, 7) is 2.43. The quantitative estimate of drug-likeness (QED) is 0.354. The highest BCUT2D eigenvalue weighted by Gasteiger charge is 2.32. The highest BCUT2D eigenvalue weighted by molar-refractivity contribution is 6.31. The molecule has 0 spiro atoms. The minimum Gasteiger partial charge on any atom is -0.352 e. The topological polar surface area (TPSA) is 49.4 Å². The van der Waals surface area contributed by atoms with Gasteiger partial charge in [-0.15, -0.1) is 0 Å². The molecule has 1 saturated carbocycles. The first-order valence-electron chi connectivity index (χ1n) is 12.9. The third-order valence-electron chi connectivity index (χ3n) is 6.97. The minimum absolute atomic E-state index is 0.0427. The lowest BCUT2D eigenvalue weighted by Gasteiger charge is -2.32. The van der Waals surface area contributed by atoms with Crippen LogP contribution in [0.1, 0.15) is 54.4 Å². The molecule has 0 bridgehead atoms. The first kappa shape index (κ1) is 26.0. The molecular weight excluding hydrogens is 468 g/mol. The van der Waals surface area contributed by atoms with Crippen LogP contribution in [0.5, 0.6) is 0 Å². The second-order valence-electron chi connectivity index (χ2n) is 9.80. The average molecular weight is 503 g/mol. The van der Waals surface area contributed by atoms with Gasteiger partial charge in [0.15, 0.2) is 0 Å². The second kappa shape index (κ2) is 12.7. The normalized spacial score (nSPS) is 14.4. The SMILES string of the molecule is Cc1cccc(CN(C(=O)CCc2ccccc2Cl)[C@H](Cc2ccccc2)C(=O)NC2CCCC2)c1. The van der Waals surface area contributed by atoms with Gasteiger partial charge in [0.2, 0.25) is 11.8 Å². The molecule has 1 atom stereocenters. The molecule has 5 heteroatoms.